The molecule has 28 heavy (non-hydrogen) atoms. The Labute approximate surface area is 165 Å². The first-order valence-corrected chi connectivity index (χ1v) is 10.3. The number of aromatic nitrogens is 4. The van der Waals surface area contributed by atoms with Crippen LogP contribution in [0.5, 0.6) is 0 Å². The Kier molecular flexibility index (Phi) is 4.20. The van der Waals surface area contributed by atoms with Gasteiger partial charge in [-0.25, -0.2) is 9.97 Å². The molecule has 8 heteroatoms. The van der Waals surface area contributed by atoms with Gasteiger partial charge < -0.3 is 10.6 Å². The lowest BCUT2D eigenvalue weighted by Gasteiger charge is -2.16. The number of hydrogen-bond acceptors (Lipinski definition) is 6. The molecule has 1 fully saturated rings. The van der Waals surface area contributed by atoms with Crippen molar-refractivity contribution in [3.63, 3.8) is 0 Å². The van der Waals surface area contributed by atoms with Gasteiger partial charge >= 0.3 is 0 Å². The second-order valence-electron chi connectivity index (χ2n) is 7.05. The average molecular weight is 392 g/mol. The van der Waals surface area contributed by atoms with Gasteiger partial charge in [0.15, 0.2) is 11.5 Å². The third-order valence-corrected chi connectivity index (χ3v) is 5.87. The number of rotatable bonds is 3. The van der Waals surface area contributed by atoms with Crippen LogP contribution in [0.3, 0.4) is 0 Å². The van der Waals surface area contributed by atoms with E-state index in [9.17, 15) is 4.79 Å². The lowest BCUT2D eigenvalue weighted by Crippen LogP contribution is -2.38. The molecule has 0 aliphatic carbocycles. The minimum atomic E-state index is -0.324. The zero-order chi connectivity index (χ0) is 19.1. The fourth-order valence-electron chi connectivity index (χ4n) is 3.57. The monoisotopic (exact) mass is 392 g/mol. The number of benzene rings is 1. The molecule has 1 atom stereocenters. The number of nitrogens with one attached hydrogen (secondary N) is 2. The first kappa shape index (κ1) is 17.1. The minimum Gasteiger partial charge on any atom is -0.354 e. The van der Waals surface area contributed by atoms with Gasteiger partial charge in [0.25, 0.3) is 0 Å². The summed E-state index contributed by atoms with van der Waals surface area (Å²) < 4.78 is 1.73. The van der Waals surface area contributed by atoms with Crippen LogP contribution >= 0.6 is 11.3 Å². The summed E-state index contributed by atoms with van der Waals surface area (Å²) in [4.78, 5) is 23.2. The molecule has 0 saturated carbocycles. The molecule has 0 bridgehead atoms. The first-order chi connectivity index (χ1) is 13.7. The molecule has 0 spiro atoms. The van der Waals surface area contributed by atoms with E-state index in [1.807, 2.05) is 24.3 Å². The SMILES string of the molecule is Cc1cc(-c2nc3c4ccccc4nc(N[C@H]4CCCCNC4=O)n3n2)cs1. The molecule has 1 aromatic carbocycles. The van der Waals surface area contributed by atoms with Crippen LogP contribution in [0.1, 0.15) is 24.1 Å². The van der Waals surface area contributed by atoms with E-state index in [1.165, 1.54) is 4.88 Å². The number of aryl methyl sites for hydroxylation is 1. The van der Waals surface area contributed by atoms with Crippen LogP contribution in [0.25, 0.3) is 27.9 Å². The van der Waals surface area contributed by atoms with Crippen molar-refractivity contribution in [3.8, 4) is 11.4 Å². The van der Waals surface area contributed by atoms with Gasteiger partial charge in [-0.15, -0.1) is 16.4 Å². The van der Waals surface area contributed by atoms with Gasteiger partial charge in [-0.2, -0.15) is 4.52 Å². The lowest BCUT2D eigenvalue weighted by molar-refractivity contribution is -0.121. The molecule has 4 aromatic rings. The summed E-state index contributed by atoms with van der Waals surface area (Å²) in [5.74, 6) is 1.21. The second kappa shape index (κ2) is 6.87. The van der Waals surface area contributed by atoms with Crippen LogP contribution in [0.4, 0.5) is 5.95 Å². The van der Waals surface area contributed by atoms with Crippen LogP contribution in [0.15, 0.2) is 35.7 Å². The quantitative estimate of drug-likeness (QED) is 0.558. The Morgan fingerprint density at radius 1 is 1.25 bits per heavy atom. The molecule has 2 N–H and O–H groups in total. The number of nitrogens with zero attached hydrogens (tertiary/aromatic N) is 4. The molecule has 5 rings (SSSR count). The molecule has 1 saturated heterocycles. The third-order valence-electron chi connectivity index (χ3n) is 5.01. The zero-order valence-electron chi connectivity index (χ0n) is 15.5. The molecule has 4 heterocycles. The van der Waals surface area contributed by atoms with E-state index in [1.54, 1.807) is 15.9 Å². The highest BCUT2D eigenvalue weighted by atomic mass is 32.1. The number of carbonyl (C=O) groups excluding carboxylic acids is 1. The summed E-state index contributed by atoms with van der Waals surface area (Å²) in [6.45, 7) is 2.79. The molecule has 1 amide bonds. The topological polar surface area (TPSA) is 84.2 Å². The fourth-order valence-corrected chi connectivity index (χ4v) is 4.25. The van der Waals surface area contributed by atoms with E-state index < -0.39 is 0 Å². The maximum Gasteiger partial charge on any atom is 0.242 e. The van der Waals surface area contributed by atoms with Gasteiger partial charge in [0.2, 0.25) is 11.9 Å². The van der Waals surface area contributed by atoms with Crippen molar-refractivity contribution in [1.82, 2.24) is 24.9 Å². The molecular formula is C20H20N6OS. The first-order valence-electron chi connectivity index (χ1n) is 9.44. The highest BCUT2D eigenvalue weighted by Gasteiger charge is 2.23. The number of amides is 1. The van der Waals surface area contributed by atoms with Crippen molar-refractivity contribution >= 4 is 39.7 Å². The average Bonchev–Trinajstić information content (AvgIpc) is 3.28. The highest BCUT2D eigenvalue weighted by molar-refractivity contribution is 7.10. The predicted octanol–water partition coefficient (Wildman–Crippen LogP) is 3.40. The van der Waals surface area contributed by atoms with Gasteiger partial charge in [0.1, 0.15) is 6.04 Å². The number of anilines is 1. The molecule has 1 aliphatic rings. The maximum atomic E-state index is 12.4. The number of fused-ring (bicyclic) bond motifs is 3. The molecule has 3 aromatic heterocycles. The zero-order valence-corrected chi connectivity index (χ0v) is 16.3. The second-order valence-corrected chi connectivity index (χ2v) is 8.17. The summed E-state index contributed by atoms with van der Waals surface area (Å²) in [5.41, 5.74) is 2.56. The van der Waals surface area contributed by atoms with Crippen LogP contribution in [-0.2, 0) is 4.79 Å². The van der Waals surface area contributed by atoms with Crippen molar-refractivity contribution < 1.29 is 4.79 Å². The van der Waals surface area contributed by atoms with Gasteiger partial charge in [0.05, 0.1) is 5.52 Å². The summed E-state index contributed by atoms with van der Waals surface area (Å²) >= 11 is 1.67. The van der Waals surface area contributed by atoms with Crippen LogP contribution in [-0.4, -0.2) is 38.1 Å². The standard InChI is InChI=1S/C20H20N6OS/c1-12-10-13(11-28-12)17-24-18-14-6-2-3-7-15(14)22-20(26(18)25-17)23-16-8-4-5-9-21-19(16)27/h2-3,6-7,10-11,16H,4-5,8-9H2,1H3,(H,21,27)(H,22,23)/t16-/m0/s1. The van der Waals surface area contributed by atoms with Gasteiger partial charge in [-0.3, -0.25) is 4.79 Å². The molecule has 0 unspecified atom stereocenters. The van der Waals surface area contributed by atoms with Crippen molar-refractivity contribution in [2.75, 3.05) is 11.9 Å². The van der Waals surface area contributed by atoms with Crippen LogP contribution in [0, 0.1) is 6.92 Å². The van der Waals surface area contributed by atoms with Gasteiger partial charge in [-0.1, -0.05) is 12.1 Å². The highest BCUT2D eigenvalue weighted by Crippen LogP contribution is 2.27. The molecule has 7 nitrogen and oxygen atoms in total. The van der Waals surface area contributed by atoms with Crippen molar-refractivity contribution in [2.45, 2.75) is 32.2 Å². The van der Waals surface area contributed by atoms with Crippen molar-refractivity contribution in [1.29, 1.82) is 0 Å². The van der Waals surface area contributed by atoms with Gasteiger partial charge in [-0.05, 0) is 44.4 Å². The van der Waals surface area contributed by atoms with E-state index in [4.69, 9.17) is 15.1 Å². The summed E-state index contributed by atoms with van der Waals surface area (Å²) in [6.07, 6.45) is 2.76. The number of carbonyl (C=O) groups is 1. The van der Waals surface area contributed by atoms with E-state index in [0.29, 0.717) is 11.8 Å². The molecular weight excluding hydrogens is 372 g/mol. The normalized spacial score (nSPS) is 17.6. The van der Waals surface area contributed by atoms with Crippen molar-refractivity contribution in [2.24, 2.45) is 0 Å². The van der Waals surface area contributed by atoms with E-state index in [-0.39, 0.29) is 11.9 Å². The number of hydrogen-bond donors (Lipinski definition) is 2. The lowest BCUT2D eigenvalue weighted by atomic mass is 10.1. The van der Waals surface area contributed by atoms with Gasteiger partial charge in [0, 0.05) is 27.8 Å². The maximum absolute atomic E-state index is 12.4. The third kappa shape index (κ3) is 2.99. The molecule has 142 valence electrons. The fraction of sp³-hybridized carbons (Fsp3) is 0.300. The van der Waals surface area contributed by atoms with E-state index in [2.05, 4.69) is 29.0 Å². The minimum absolute atomic E-state index is 0.00871. The summed E-state index contributed by atoms with van der Waals surface area (Å²) in [7, 11) is 0. The summed E-state index contributed by atoms with van der Waals surface area (Å²) in [6, 6.07) is 9.64. The Bertz CT molecular complexity index is 1180. The van der Waals surface area contributed by atoms with Crippen LogP contribution < -0.4 is 10.6 Å². The Hall–Kier alpha value is -3.00. The van der Waals surface area contributed by atoms with E-state index in [0.717, 1.165) is 47.9 Å². The van der Waals surface area contributed by atoms with Crippen molar-refractivity contribution in [3.05, 3.63) is 40.6 Å². The summed E-state index contributed by atoms with van der Waals surface area (Å²) in [5, 5.41) is 14.0. The van der Waals surface area contributed by atoms with E-state index >= 15 is 0 Å². The largest absolute Gasteiger partial charge is 0.354 e. The van der Waals surface area contributed by atoms with Crippen LogP contribution in [0.2, 0.25) is 0 Å². The predicted molar refractivity (Wildman–Crippen MR) is 111 cm³/mol. The Morgan fingerprint density at radius 2 is 2.14 bits per heavy atom. The molecule has 1 aliphatic heterocycles. The number of thiophene rings is 1. The Morgan fingerprint density at radius 3 is 3.00 bits per heavy atom. The smallest absolute Gasteiger partial charge is 0.242 e. The number of para-hydroxylation sites is 1. The molecule has 0 radical (unpaired) electrons. The Balaban J connectivity index is 1.66.